The van der Waals surface area contributed by atoms with Crippen LogP contribution in [0.25, 0.3) is 11.4 Å². The number of benzene rings is 1. The fourth-order valence-electron chi connectivity index (χ4n) is 1.46. The van der Waals surface area contributed by atoms with Crippen molar-refractivity contribution in [3.05, 3.63) is 35.7 Å². The van der Waals surface area contributed by atoms with Gasteiger partial charge in [-0.3, -0.25) is 0 Å². The number of hydrogen-bond donors (Lipinski definition) is 1. The molecule has 0 aliphatic rings. The molecule has 1 aromatic heterocycles. The normalized spacial score (nSPS) is 12.7. The molecule has 1 atom stereocenters. The molecule has 0 spiro atoms. The van der Waals surface area contributed by atoms with E-state index in [9.17, 15) is 0 Å². The summed E-state index contributed by atoms with van der Waals surface area (Å²) in [5.41, 5.74) is 7.95. The van der Waals surface area contributed by atoms with Crippen LogP contribution in [0.2, 0.25) is 0 Å². The van der Waals surface area contributed by atoms with E-state index in [1.54, 1.807) is 0 Å². The van der Waals surface area contributed by atoms with Crippen molar-refractivity contribution in [2.45, 2.75) is 26.3 Å². The van der Waals surface area contributed by atoms with Gasteiger partial charge in [-0.25, -0.2) is 0 Å². The van der Waals surface area contributed by atoms with Crippen LogP contribution in [-0.4, -0.2) is 10.1 Å². The SMILES string of the molecule is CC[C@H](N)c1nc(-c2cccc(C)c2)no1. The number of nitrogens with two attached hydrogens (primary N) is 1. The van der Waals surface area contributed by atoms with Crippen LogP contribution in [0.5, 0.6) is 0 Å². The first-order valence-electron chi connectivity index (χ1n) is 5.37. The van der Waals surface area contributed by atoms with Crippen LogP contribution < -0.4 is 5.73 Å². The van der Waals surface area contributed by atoms with Gasteiger partial charge in [0.15, 0.2) is 0 Å². The molecule has 0 amide bonds. The Morgan fingerprint density at radius 1 is 1.44 bits per heavy atom. The lowest BCUT2D eigenvalue weighted by atomic mass is 10.1. The Morgan fingerprint density at radius 3 is 2.94 bits per heavy atom. The predicted octanol–water partition coefficient (Wildman–Crippen LogP) is 2.45. The van der Waals surface area contributed by atoms with Gasteiger partial charge in [0, 0.05) is 5.56 Å². The van der Waals surface area contributed by atoms with Crippen molar-refractivity contribution >= 4 is 0 Å². The second-order valence-electron chi connectivity index (χ2n) is 3.84. The zero-order valence-corrected chi connectivity index (χ0v) is 9.47. The van der Waals surface area contributed by atoms with Gasteiger partial charge in [-0.05, 0) is 19.4 Å². The monoisotopic (exact) mass is 217 g/mol. The molecule has 0 aliphatic heterocycles. The zero-order chi connectivity index (χ0) is 11.5. The minimum Gasteiger partial charge on any atom is -0.337 e. The molecule has 2 rings (SSSR count). The summed E-state index contributed by atoms with van der Waals surface area (Å²) in [6.45, 7) is 4.02. The van der Waals surface area contributed by atoms with E-state index in [1.807, 2.05) is 38.1 Å². The van der Waals surface area contributed by atoms with E-state index in [0.717, 1.165) is 12.0 Å². The maximum atomic E-state index is 5.82. The highest BCUT2D eigenvalue weighted by atomic mass is 16.5. The van der Waals surface area contributed by atoms with Crippen LogP contribution in [0, 0.1) is 6.92 Å². The molecule has 0 saturated heterocycles. The fraction of sp³-hybridized carbons (Fsp3) is 0.333. The maximum Gasteiger partial charge on any atom is 0.243 e. The average molecular weight is 217 g/mol. The van der Waals surface area contributed by atoms with Gasteiger partial charge in [-0.1, -0.05) is 35.8 Å². The molecule has 1 heterocycles. The summed E-state index contributed by atoms with van der Waals surface area (Å²) in [5.74, 6) is 1.10. The molecule has 0 aliphatic carbocycles. The predicted molar refractivity (Wildman–Crippen MR) is 61.7 cm³/mol. The van der Waals surface area contributed by atoms with Gasteiger partial charge in [0.1, 0.15) is 0 Å². The minimum atomic E-state index is -0.175. The van der Waals surface area contributed by atoms with E-state index in [1.165, 1.54) is 5.56 Å². The van der Waals surface area contributed by atoms with Gasteiger partial charge >= 0.3 is 0 Å². The molecule has 0 unspecified atom stereocenters. The number of aromatic nitrogens is 2. The number of rotatable bonds is 3. The fourth-order valence-corrected chi connectivity index (χ4v) is 1.46. The van der Waals surface area contributed by atoms with Gasteiger partial charge in [0.2, 0.25) is 11.7 Å². The van der Waals surface area contributed by atoms with E-state index in [0.29, 0.717) is 11.7 Å². The van der Waals surface area contributed by atoms with Crippen molar-refractivity contribution in [2.24, 2.45) is 5.73 Å². The molecular weight excluding hydrogens is 202 g/mol. The molecule has 0 bridgehead atoms. The Balaban J connectivity index is 2.31. The first-order valence-corrected chi connectivity index (χ1v) is 5.37. The van der Waals surface area contributed by atoms with Gasteiger partial charge in [-0.15, -0.1) is 0 Å². The molecule has 2 aromatic rings. The van der Waals surface area contributed by atoms with Crippen molar-refractivity contribution in [1.82, 2.24) is 10.1 Å². The first-order chi connectivity index (χ1) is 7.70. The average Bonchev–Trinajstić information content (AvgIpc) is 2.77. The van der Waals surface area contributed by atoms with Crippen molar-refractivity contribution in [2.75, 3.05) is 0 Å². The van der Waals surface area contributed by atoms with Gasteiger partial charge in [0.25, 0.3) is 0 Å². The van der Waals surface area contributed by atoms with Gasteiger partial charge < -0.3 is 10.3 Å². The largest absolute Gasteiger partial charge is 0.337 e. The molecular formula is C12H15N3O. The van der Waals surface area contributed by atoms with Crippen LogP contribution in [0.15, 0.2) is 28.8 Å². The third-order valence-corrected chi connectivity index (χ3v) is 2.48. The molecule has 1 aromatic carbocycles. The lowest BCUT2D eigenvalue weighted by Gasteiger charge is -1.99. The van der Waals surface area contributed by atoms with E-state index < -0.39 is 0 Å². The highest BCUT2D eigenvalue weighted by molar-refractivity contribution is 5.55. The molecule has 84 valence electrons. The smallest absolute Gasteiger partial charge is 0.243 e. The standard InChI is InChI=1S/C12H15N3O/c1-3-10(13)12-14-11(15-16-12)9-6-4-5-8(2)7-9/h4-7,10H,3,13H2,1-2H3/t10-/m0/s1. The summed E-state index contributed by atoms with van der Waals surface area (Å²) in [4.78, 5) is 4.29. The van der Waals surface area contributed by atoms with Gasteiger partial charge in [0.05, 0.1) is 6.04 Å². The number of aryl methyl sites for hydroxylation is 1. The summed E-state index contributed by atoms with van der Waals surface area (Å²) >= 11 is 0. The van der Waals surface area contributed by atoms with Crippen LogP contribution in [0.1, 0.15) is 30.8 Å². The summed E-state index contributed by atoms with van der Waals surface area (Å²) in [7, 11) is 0. The van der Waals surface area contributed by atoms with Crippen LogP contribution in [0.4, 0.5) is 0 Å². The second kappa shape index (κ2) is 4.45. The molecule has 0 fully saturated rings. The van der Waals surface area contributed by atoms with Crippen LogP contribution >= 0.6 is 0 Å². The lowest BCUT2D eigenvalue weighted by molar-refractivity contribution is 0.352. The van der Waals surface area contributed by atoms with Crippen molar-refractivity contribution in [1.29, 1.82) is 0 Å². The van der Waals surface area contributed by atoms with Gasteiger partial charge in [-0.2, -0.15) is 4.98 Å². The quantitative estimate of drug-likeness (QED) is 0.857. The van der Waals surface area contributed by atoms with E-state index in [4.69, 9.17) is 10.3 Å². The topological polar surface area (TPSA) is 64.9 Å². The number of hydrogen-bond acceptors (Lipinski definition) is 4. The van der Waals surface area contributed by atoms with Crippen molar-refractivity contribution < 1.29 is 4.52 Å². The molecule has 0 radical (unpaired) electrons. The van der Waals surface area contributed by atoms with Crippen LogP contribution in [-0.2, 0) is 0 Å². The highest BCUT2D eigenvalue weighted by Gasteiger charge is 2.13. The second-order valence-corrected chi connectivity index (χ2v) is 3.84. The maximum absolute atomic E-state index is 5.82. The summed E-state index contributed by atoms with van der Waals surface area (Å²) in [6.07, 6.45) is 0.787. The van der Waals surface area contributed by atoms with E-state index in [-0.39, 0.29) is 6.04 Å². The molecule has 4 nitrogen and oxygen atoms in total. The lowest BCUT2D eigenvalue weighted by Crippen LogP contribution is -2.08. The third-order valence-electron chi connectivity index (χ3n) is 2.48. The number of nitrogens with zero attached hydrogens (tertiary/aromatic N) is 2. The molecule has 2 N–H and O–H groups in total. The molecule has 0 saturated carbocycles. The highest BCUT2D eigenvalue weighted by Crippen LogP contribution is 2.19. The Bertz CT molecular complexity index is 479. The minimum absolute atomic E-state index is 0.175. The summed E-state index contributed by atoms with van der Waals surface area (Å²) in [5, 5.41) is 3.93. The van der Waals surface area contributed by atoms with E-state index >= 15 is 0 Å². The van der Waals surface area contributed by atoms with E-state index in [2.05, 4.69) is 10.1 Å². The van der Waals surface area contributed by atoms with Crippen LogP contribution in [0.3, 0.4) is 0 Å². The third kappa shape index (κ3) is 2.12. The Labute approximate surface area is 94.5 Å². The Kier molecular flexibility index (Phi) is 3.01. The summed E-state index contributed by atoms with van der Waals surface area (Å²) < 4.78 is 5.13. The Hall–Kier alpha value is -1.68. The van der Waals surface area contributed by atoms with Crippen molar-refractivity contribution in [3.63, 3.8) is 0 Å². The first kappa shape index (κ1) is 10.8. The zero-order valence-electron chi connectivity index (χ0n) is 9.47. The molecule has 16 heavy (non-hydrogen) atoms. The molecule has 4 heteroatoms. The van der Waals surface area contributed by atoms with Crippen molar-refractivity contribution in [3.8, 4) is 11.4 Å². The summed E-state index contributed by atoms with van der Waals surface area (Å²) in [6, 6.07) is 7.81. The Morgan fingerprint density at radius 2 is 2.25 bits per heavy atom.